The molecule has 0 aromatic carbocycles. The van der Waals surface area contributed by atoms with Crippen LogP contribution in [0.1, 0.15) is 18.2 Å². The Morgan fingerprint density at radius 3 is 3.07 bits per heavy atom. The predicted octanol–water partition coefficient (Wildman–Crippen LogP) is 1.90. The summed E-state index contributed by atoms with van der Waals surface area (Å²) in [6, 6.07) is 4.26. The van der Waals surface area contributed by atoms with E-state index in [4.69, 9.17) is 5.11 Å². The van der Waals surface area contributed by atoms with Crippen molar-refractivity contribution in [2.24, 2.45) is 5.92 Å². The van der Waals surface area contributed by atoms with Crippen molar-refractivity contribution in [1.29, 1.82) is 0 Å². The molecule has 0 saturated heterocycles. The van der Waals surface area contributed by atoms with Gasteiger partial charge in [-0.05, 0) is 43.3 Å². The molecule has 1 aromatic rings. The molecule has 2 N–H and O–H groups in total. The Kier molecular flexibility index (Phi) is 5.83. The lowest BCUT2D eigenvalue weighted by Gasteiger charge is -2.10. The SMILES string of the molecule is CC(CCO)CNCCc1cccs1. The molecule has 0 spiro atoms. The average Bonchev–Trinajstić information content (AvgIpc) is 2.65. The summed E-state index contributed by atoms with van der Waals surface area (Å²) in [5, 5.41) is 14.2. The summed E-state index contributed by atoms with van der Waals surface area (Å²) in [4.78, 5) is 1.44. The van der Waals surface area contributed by atoms with Crippen molar-refractivity contribution in [2.45, 2.75) is 19.8 Å². The number of rotatable bonds is 7. The van der Waals surface area contributed by atoms with Gasteiger partial charge in [0.25, 0.3) is 0 Å². The minimum Gasteiger partial charge on any atom is -0.396 e. The summed E-state index contributed by atoms with van der Waals surface area (Å²) in [6.07, 6.45) is 2.01. The Labute approximate surface area is 90.0 Å². The van der Waals surface area contributed by atoms with Crippen LogP contribution in [0.25, 0.3) is 0 Å². The zero-order valence-electron chi connectivity index (χ0n) is 8.70. The fourth-order valence-electron chi connectivity index (χ4n) is 1.34. The molecule has 80 valence electrons. The monoisotopic (exact) mass is 213 g/mol. The van der Waals surface area contributed by atoms with Crippen molar-refractivity contribution in [3.8, 4) is 0 Å². The number of nitrogens with one attached hydrogen (secondary N) is 1. The first-order chi connectivity index (χ1) is 6.83. The van der Waals surface area contributed by atoms with Crippen LogP contribution in [-0.4, -0.2) is 24.8 Å². The molecular weight excluding hydrogens is 194 g/mol. The number of hydrogen-bond donors (Lipinski definition) is 2. The van der Waals surface area contributed by atoms with Crippen LogP contribution in [0.5, 0.6) is 0 Å². The van der Waals surface area contributed by atoms with Crippen molar-refractivity contribution in [2.75, 3.05) is 19.7 Å². The first-order valence-electron chi connectivity index (χ1n) is 5.17. The molecule has 0 fully saturated rings. The van der Waals surface area contributed by atoms with E-state index in [1.807, 2.05) is 11.3 Å². The van der Waals surface area contributed by atoms with E-state index >= 15 is 0 Å². The highest BCUT2D eigenvalue weighted by atomic mass is 32.1. The number of hydrogen-bond acceptors (Lipinski definition) is 3. The maximum atomic E-state index is 8.72. The smallest absolute Gasteiger partial charge is 0.0434 e. The van der Waals surface area contributed by atoms with Crippen molar-refractivity contribution in [3.05, 3.63) is 22.4 Å². The fraction of sp³-hybridized carbons (Fsp3) is 0.636. The van der Waals surface area contributed by atoms with Crippen molar-refractivity contribution >= 4 is 11.3 Å². The first-order valence-corrected chi connectivity index (χ1v) is 6.05. The van der Waals surface area contributed by atoms with E-state index in [0.717, 1.165) is 25.9 Å². The van der Waals surface area contributed by atoms with Crippen LogP contribution in [0.4, 0.5) is 0 Å². The van der Waals surface area contributed by atoms with Crippen LogP contribution in [0, 0.1) is 5.92 Å². The highest BCUT2D eigenvalue weighted by Crippen LogP contribution is 2.08. The normalized spacial score (nSPS) is 13.0. The van der Waals surface area contributed by atoms with Gasteiger partial charge in [0, 0.05) is 11.5 Å². The lowest BCUT2D eigenvalue weighted by molar-refractivity contribution is 0.260. The van der Waals surface area contributed by atoms with Gasteiger partial charge in [-0.25, -0.2) is 0 Å². The molecule has 1 aromatic heterocycles. The van der Waals surface area contributed by atoms with E-state index in [2.05, 4.69) is 29.8 Å². The molecule has 1 unspecified atom stereocenters. The maximum absolute atomic E-state index is 8.72. The second-order valence-electron chi connectivity index (χ2n) is 3.65. The van der Waals surface area contributed by atoms with Crippen LogP contribution in [0.2, 0.25) is 0 Å². The van der Waals surface area contributed by atoms with Crippen LogP contribution >= 0.6 is 11.3 Å². The van der Waals surface area contributed by atoms with Crippen LogP contribution in [0.3, 0.4) is 0 Å². The largest absolute Gasteiger partial charge is 0.396 e. The Morgan fingerprint density at radius 2 is 2.43 bits per heavy atom. The van der Waals surface area contributed by atoms with Gasteiger partial charge < -0.3 is 10.4 Å². The minimum absolute atomic E-state index is 0.299. The van der Waals surface area contributed by atoms with Crippen LogP contribution in [0.15, 0.2) is 17.5 Å². The van der Waals surface area contributed by atoms with Crippen LogP contribution < -0.4 is 5.32 Å². The van der Waals surface area contributed by atoms with Gasteiger partial charge >= 0.3 is 0 Å². The van der Waals surface area contributed by atoms with Crippen molar-refractivity contribution in [3.63, 3.8) is 0 Å². The molecule has 1 heterocycles. The molecule has 14 heavy (non-hydrogen) atoms. The summed E-state index contributed by atoms with van der Waals surface area (Å²) in [5.74, 6) is 0.573. The van der Waals surface area contributed by atoms with Gasteiger partial charge in [0.2, 0.25) is 0 Å². The molecular formula is C11H19NOS. The summed E-state index contributed by atoms with van der Waals surface area (Å²) in [6.45, 7) is 4.50. The zero-order chi connectivity index (χ0) is 10.2. The number of aliphatic hydroxyl groups excluding tert-OH is 1. The van der Waals surface area contributed by atoms with Crippen molar-refractivity contribution < 1.29 is 5.11 Å². The summed E-state index contributed by atoms with van der Waals surface area (Å²) >= 11 is 1.81. The van der Waals surface area contributed by atoms with Gasteiger partial charge in [-0.15, -0.1) is 11.3 Å². The Morgan fingerprint density at radius 1 is 1.57 bits per heavy atom. The average molecular weight is 213 g/mol. The van der Waals surface area contributed by atoms with Gasteiger partial charge in [0.05, 0.1) is 0 Å². The molecule has 0 aliphatic heterocycles. The lowest BCUT2D eigenvalue weighted by atomic mass is 10.1. The van der Waals surface area contributed by atoms with E-state index in [9.17, 15) is 0 Å². The highest BCUT2D eigenvalue weighted by molar-refractivity contribution is 7.09. The highest BCUT2D eigenvalue weighted by Gasteiger charge is 2.00. The summed E-state index contributed by atoms with van der Waals surface area (Å²) in [5.41, 5.74) is 0. The Bertz CT molecular complexity index is 223. The summed E-state index contributed by atoms with van der Waals surface area (Å²) < 4.78 is 0. The molecule has 0 bridgehead atoms. The third-order valence-corrected chi connectivity index (χ3v) is 3.18. The van der Waals surface area contributed by atoms with E-state index in [1.54, 1.807) is 0 Å². The molecule has 0 saturated carbocycles. The number of thiophene rings is 1. The standard InChI is InChI=1S/C11H19NOS/c1-10(5-7-13)9-12-6-4-11-3-2-8-14-11/h2-3,8,10,12-13H,4-7,9H2,1H3. The molecule has 1 atom stereocenters. The van der Waals surface area contributed by atoms with Crippen molar-refractivity contribution in [1.82, 2.24) is 5.32 Å². The summed E-state index contributed by atoms with van der Waals surface area (Å²) in [7, 11) is 0. The topological polar surface area (TPSA) is 32.3 Å². The quantitative estimate of drug-likeness (QED) is 0.678. The molecule has 2 nitrogen and oxygen atoms in total. The van der Waals surface area contributed by atoms with Crippen LogP contribution in [-0.2, 0) is 6.42 Å². The third-order valence-electron chi connectivity index (χ3n) is 2.24. The van der Waals surface area contributed by atoms with E-state index in [0.29, 0.717) is 12.5 Å². The van der Waals surface area contributed by atoms with Gasteiger partial charge in [-0.3, -0.25) is 0 Å². The van der Waals surface area contributed by atoms with E-state index < -0.39 is 0 Å². The molecule has 3 heteroatoms. The lowest BCUT2D eigenvalue weighted by Crippen LogP contribution is -2.23. The Hall–Kier alpha value is -0.380. The second-order valence-corrected chi connectivity index (χ2v) is 4.68. The predicted molar refractivity (Wildman–Crippen MR) is 61.8 cm³/mol. The maximum Gasteiger partial charge on any atom is 0.0434 e. The molecule has 0 radical (unpaired) electrons. The fourth-order valence-corrected chi connectivity index (χ4v) is 2.05. The molecule has 0 aliphatic rings. The van der Waals surface area contributed by atoms with E-state index in [1.165, 1.54) is 4.88 Å². The van der Waals surface area contributed by atoms with E-state index in [-0.39, 0.29) is 0 Å². The van der Waals surface area contributed by atoms with Gasteiger partial charge in [0.15, 0.2) is 0 Å². The zero-order valence-corrected chi connectivity index (χ0v) is 9.52. The third kappa shape index (κ3) is 4.74. The molecule has 0 amide bonds. The first kappa shape index (κ1) is 11.7. The van der Waals surface area contributed by atoms with Gasteiger partial charge in [-0.1, -0.05) is 13.0 Å². The molecule has 1 rings (SSSR count). The molecule has 0 aliphatic carbocycles. The van der Waals surface area contributed by atoms with Gasteiger partial charge in [-0.2, -0.15) is 0 Å². The Balaban J connectivity index is 1.99. The number of aliphatic hydroxyl groups is 1. The minimum atomic E-state index is 0.299. The van der Waals surface area contributed by atoms with Gasteiger partial charge in [0.1, 0.15) is 0 Å². The second kappa shape index (κ2) is 6.98.